The van der Waals surface area contributed by atoms with Gasteiger partial charge >= 0.3 is 0 Å². The molecule has 1 aromatic carbocycles. The first-order valence-corrected chi connectivity index (χ1v) is 5.70. The summed E-state index contributed by atoms with van der Waals surface area (Å²) in [4.78, 5) is 0. The largest absolute Gasteiger partial charge is 0.494 e. The van der Waals surface area contributed by atoms with E-state index in [1.165, 1.54) is 12.8 Å². The quantitative estimate of drug-likeness (QED) is 0.491. The number of halogens is 1. The van der Waals surface area contributed by atoms with E-state index in [1.54, 1.807) is 0 Å². The Morgan fingerprint density at radius 1 is 1.13 bits per heavy atom. The molecule has 0 unspecified atom stereocenters. The molecule has 0 N–H and O–H groups in total. The Kier molecular flexibility index (Phi) is 5.94. The molecule has 82 valence electrons. The second-order valence-corrected chi connectivity index (χ2v) is 3.88. The summed E-state index contributed by atoms with van der Waals surface area (Å²) >= 11 is 5.77. The molecule has 0 amide bonds. The third-order valence-corrected chi connectivity index (χ3v) is 2.39. The van der Waals surface area contributed by atoms with Crippen molar-refractivity contribution >= 4 is 11.6 Å². The summed E-state index contributed by atoms with van der Waals surface area (Å²) in [6, 6.07) is 7.47. The average molecular weight is 225 g/mol. The third-order valence-electron chi connectivity index (χ3n) is 2.13. The molecular weight excluding hydrogens is 208 g/mol. The fraction of sp³-hybridized carbons (Fsp3) is 0.385. The van der Waals surface area contributed by atoms with Crippen LogP contribution in [0.2, 0.25) is 5.02 Å². The van der Waals surface area contributed by atoms with Crippen molar-refractivity contribution < 1.29 is 4.74 Å². The standard InChI is InChI=1S/C13H17ClO/c1-2-3-4-5-6-11-15-13-9-7-12(14)8-10-13/h2,7-10H,1,3-6,11H2. The Hall–Kier alpha value is -0.950. The fourth-order valence-corrected chi connectivity index (χ4v) is 1.41. The Morgan fingerprint density at radius 2 is 1.87 bits per heavy atom. The molecule has 0 aliphatic heterocycles. The SMILES string of the molecule is C=CCCCCCOc1ccc(Cl)cc1. The van der Waals surface area contributed by atoms with Gasteiger partial charge in [0.25, 0.3) is 0 Å². The van der Waals surface area contributed by atoms with Gasteiger partial charge < -0.3 is 4.74 Å². The minimum Gasteiger partial charge on any atom is -0.494 e. The van der Waals surface area contributed by atoms with Gasteiger partial charge in [-0.1, -0.05) is 17.7 Å². The van der Waals surface area contributed by atoms with Gasteiger partial charge in [-0.15, -0.1) is 6.58 Å². The lowest BCUT2D eigenvalue weighted by Gasteiger charge is -2.05. The van der Waals surface area contributed by atoms with E-state index in [4.69, 9.17) is 16.3 Å². The molecule has 15 heavy (non-hydrogen) atoms. The van der Waals surface area contributed by atoms with Crippen molar-refractivity contribution in [1.82, 2.24) is 0 Å². The van der Waals surface area contributed by atoms with E-state index in [2.05, 4.69) is 6.58 Å². The van der Waals surface area contributed by atoms with Crippen molar-refractivity contribution in [2.75, 3.05) is 6.61 Å². The van der Waals surface area contributed by atoms with Crippen LogP contribution in [0, 0.1) is 0 Å². The highest BCUT2D eigenvalue weighted by Gasteiger charge is 1.93. The third kappa shape index (κ3) is 5.48. The molecule has 0 aromatic heterocycles. The summed E-state index contributed by atoms with van der Waals surface area (Å²) in [5.41, 5.74) is 0. The number of hydrogen-bond acceptors (Lipinski definition) is 1. The lowest BCUT2D eigenvalue weighted by Crippen LogP contribution is -1.96. The van der Waals surface area contributed by atoms with Gasteiger partial charge in [-0.05, 0) is 49.9 Å². The van der Waals surface area contributed by atoms with Crippen LogP contribution < -0.4 is 4.74 Å². The molecule has 0 aliphatic carbocycles. The summed E-state index contributed by atoms with van der Waals surface area (Å²) in [5.74, 6) is 0.892. The minimum absolute atomic E-state index is 0.744. The van der Waals surface area contributed by atoms with E-state index in [0.29, 0.717) is 0 Å². The van der Waals surface area contributed by atoms with Crippen LogP contribution in [0.4, 0.5) is 0 Å². The van der Waals surface area contributed by atoms with Gasteiger partial charge in [0.05, 0.1) is 6.61 Å². The van der Waals surface area contributed by atoms with Gasteiger partial charge in [-0.25, -0.2) is 0 Å². The van der Waals surface area contributed by atoms with Crippen LogP contribution in [0.25, 0.3) is 0 Å². The summed E-state index contributed by atoms with van der Waals surface area (Å²) in [6.07, 6.45) is 6.55. The molecule has 0 spiro atoms. The fourth-order valence-electron chi connectivity index (χ4n) is 1.29. The molecule has 0 radical (unpaired) electrons. The molecule has 1 nitrogen and oxygen atoms in total. The molecule has 2 heteroatoms. The molecule has 0 heterocycles. The highest BCUT2D eigenvalue weighted by atomic mass is 35.5. The molecule has 0 saturated heterocycles. The molecule has 0 fully saturated rings. The maximum Gasteiger partial charge on any atom is 0.119 e. The first-order chi connectivity index (χ1) is 7.33. The first-order valence-electron chi connectivity index (χ1n) is 5.32. The number of ether oxygens (including phenoxy) is 1. The van der Waals surface area contributed by atoms with E-state index in [1.807, 2.05) is 30.3 Å². The molecule has 1 aromatic rings. The van der Waals surface area contributed by atoms with Crippen LogP contribution in [-0.4, -0.2) is 6.61 Å². The van der Waals surface area contributed by atoms with Crippen LogP contribution in [0.15, 0.2) is 36.9 Å². The van der Waals surface area contributed by atoms with Crippen LogP contribution in [-0.2, 0) is 0 Å². The Balaban J connectivity index is 2.09. The van der Waals surface area contributed by atoms with Gasteiger partial charge in [0.1, 0.15) is 5.75 Å². The van der Waals surface area contributed by atoms with Crippen molar-refractivity contribution in [3.63, 3.8) is 0 Å². The van der Waals surface area contributed by atoms with Gasteiger partial charge in [0, 0.05) is 5.02 Å². The van der Waals surface area contributed by atoms with Crippen LogP contribution in [0.3, 0.4) is 0 Å². The number of allylic oxidation sites excluding steroid dienone is 1. The van der Waals surface area contributed by atoms with Crippen molar-refractivity contribution in [3.05, 3.63) is 41.9 Å². The van der Waals surface area contributed by atoms with Gasteiger partial charge in [0.2, 0.25) is 0 Å². The van der Waals surface area contributed by atoms with Crippen molar-refractivity contribution in [3.8, 4) is 5.75 Å². The van der Waals surface area contributed by atoms with Crippen molar-refractivity contribution in [2.45, 2.75) is 25.7 Å². The summed E-state index contributed by atoms with van der Waals surface area (Å²) in [6.45, 7) is 4.47. The maximum absolute atomic E-state index is 5.77. The van der Waals surface area contributed by atoms with Crippen LogP contribution >= 0.6 is 11.6 Å². The molecular formula is C13H17ClO. The lowest BCUT2D eigenvalue weighted by atomic mass is 10.2. The van der Waals surface area contributed by atoms with E-state index in [0.717, 1.165) is 30.2 Å². The summed E-state index contributed by atoms with van der Waals surface area (Å²) in [7, 11) is 0. The van der Waals surface area contributed by atoms with Gasteiger partial charge in [-0.2, -0.15) is 0 Å². The van der Waals surface area contributed by atoms with E-state index < -0.39 is 0 Å². The number of unbranched alkanes of at least 4 members (excludes halogenated alkanes) is 3. The Morgan fingerprint density at radius 3 is 2.53 bits per heavy atom. The second-order valence-electron chi connectivity index (χ2n) is 3.44. The zero-order valence-corrected chi connectivity index (χ0v) is 9.67. The monoisotopic (exact) mass is 224 g/mol. The smallest absolute Gasteiger partial charge is 0.119 e. The molecule has 0 bridgehead atoms. The van der Waals surface area contributed by atoms with Gasteiger partial charge in [-0.3, -0.25) is 0 Å². The maximum atomic E-state index is 5.77. The Labute approximate surface area is 96.7 Å². The normalized spacial score (nSPS) is 9.93. The second kappa shape index (κ2) is 7.36. The van der Waals surface area contributed by atoms with Gasteiger partial charge in [0.15, 0.2) is 0 Å². The Bertz CT molecular complexity index is 279. The zero-order valence-electron chi connectivity index (χ0n) is 8.92. The van der Waals surface area contributed by atoms with Crippen molar-refractivity contribution in [2.24, 2.45) is 0 Å². The lowest BCUT2D eigenvalue weighted by molar-refractivity contribution is 0.305. The predicted molar refractivity (Wildman–Crippen MR) is 65.6 cm³/mol. The number of rotatable bonds is 7. The summed E-state index contributed by atoms with van der Waals surface area (Å²) < 4.78 is 5.56. The van der Waals surface area contributed by atoms with E-state index >= 15 is 0 Å². The van der Waals surface area contributed by atoms with Crippen LogP contribution in [0.5, 0.6) is 5.75 Å². The zero-order chi connectivity index (χ0) is 10.9. The molecule has 0 saturated carbocycles. The van der Waals surface area contributed by atoms with Crippen LogP contribution in [0.1, 0.15) is 25.7 Å². The highest BCUT2D eigenvalue weighted by molar-refractivity contribution is 6.30. The topological polar surface area (TPSA) is 9.23 Å². The molecule has 0 atom stereocenters. The number of hydrogen-bond donors (Lipinski definition) is 0. The highest BCUT2D eigenvalue weighted by Crippen LogP contribution is 2.15. The van der Waals surface area contributed by atoms with E-state index in [9.17, 15) is 0 Å². The van der Waals surface area contributed by atoms with E-state index in [-0.39, 0.29) is 0 Å². The minimum atomic E-state index is 0.744. The molecule has 0 aliphatic rings. The first kappa shape index (κ1) is 12.1. The number of benzene rings is 1. The predicted octanol–water partition coefficient (Wildman–Crippen LogP) is 4.47. The van der Waals surface area contributed by atoms with Crippen molar-refractivity contribution in [1.29, 1.82) is 0 Å². The summed E-state index contributed by atoms with van der Waals surface area (Å²) in [5, 5.41) is 0.744. The molecule has 1 rings (SSSR count). The average Bonchev–Trinajstić information content (AvgIpc) is 2.26.